The minimum absolute atomic E-state index is 0.0454. The number of nitrogens with zero attached hydrogens (tertiary/aromatic N) is 2. The predicted octanol–water partition coefficient (Wildman–Crippen LogP) is 3.36. The zero-order valence-electron chi connectivity index (χ0n) is 16.3. The van der Waals surface area contributed by atoms with Gasteiger partial charge in [-0.25, -0.2) is 8.42 Å². The van der Waals surface area contributed by atoms with Crippen molar-refractivity contribution in [3.8, 4) is 0 Å². The van der Waals surface area contributed by atoms with Crippen LogP contribution in [0.4, 0.5) is 11.4 Å². The number of anilines is 2. The smallest absolute Gasteiger partial charge is 0.232 e. The lowest BCUT2D eigenvalue weighted by molar-refractivity contribution is -0.118. The van der Waals surface area contributed by atoms with Crippen molar-refractivity contribution in [2.75, 3.05) is 28.6 Å². The third-order valence-corrected chi connectivity index (χ3v) is 6.17. The topological polar surface area (TPSA) is 57.7 Å². The number of aryl methyl sites for hydroxylation is 3. The largest absolute Gasteiger partial charge is 0.312 e. The Morgan fingerprint density at radius 3 is 2.37 bits per heavy atom. The number of sulfonamides is 1. The van der Waals surface area contributed by atoms with Crippen molar-refractivity contribution in [2.45, 2.75) is 33.6 Å². The quantitative estimate of drug-likeness (QED) is 0.792. The predicted molar refractivity (Wildman–Crippen MR) is 110 cm³/mol. The first-order valence-electron chi connectivity index (χ1n) is 9.12. The van der Waals surface area contributed by atoms with Crippen LogP contribution in [0.5, 0.6) is 0 Å². The van der Waals surface area contributed by atoms with Gasteiger partial charge in [0.2, 0.25) is 15.9 Å². The van der Waals surface area contributed by atoms with Crippen LogP contribution in [0.3, 0.4) is 0 Å². The lowest BCUT2D eigenvalue weighted by atomic mass is 10.1. The minimum Gasteiger partial charge on any atom is -0.312 e. The molecule has 2 aromatic rings. The number of amides is 1. The molecule has 0 fully saturated rings. The fourth-order valence-electron chi connectivity index (χ4n) is 3.94. The molecule has 2 aromatic carbocycles. The van der Waals surface area contributed by atoms with Crippen molar-refractivity contribution < 1.29 is 13.2 Å². The van der Waals surface area contributed by atoms with Gasteiger partial charge in [-0.2, -0.15) is 0 Å². The van der Waals surface area contributed by atoms with E-state index >= 15 is 0 Å². The highest BCUT2D eigenvalue weighted by Crippen LogP contribution is 2.30. The van der Waals surface area contributed by atoms with Crippen LogP contribution in [0.15, 0.2) is 36.4 Å². The molecule has 144 valence electrons. The minimum atomic E-state index is -3.49. The first-order valence-corrected chi connectivity index (χ1v) is 11.0. The molecule has 0 saturated heterocycles. The first kappa shape index (κ1) is 19.4. The summed E-state index contributed by atoms with van der Waals surface area (Å²) >= 11 is 0. The van der Waals surface area contributed by atoms with Gasteiger partial charge in [-0.3, -0.25) is 9.10 Å². The SMILES string of the molecule is Cc1cc(C)c(N(CCC(=O)N2CCc3ccccc32)S(C)(=O)=O)c(C)c1. The van der Waals surface area contributed by atoms with Crippen molar-refractivity contribution in [3.63, 3.8) is 0 Å². The van der Waals surface area contributed by atoms with E-state index in [9.17, 15) is 13.2 Å². The number of hydrogen-bond acceptors (Lipinski definition) is 3. The van der Waals surface area contributed by atoms with Crippen LogP contribution in [0.1, 0.15) is 28.7 Å². The molecule has 0 aliphatic carbocycles. The van der Waals surface area contributed by atoms with E-state index in [1.807, 2.05) is 57.2 Å². The van der Waals surface area contributed by atoms with Crippen molar-refractivity contribution in [2.24, 2.45) is 0 Å². The molecule has 0 unspecified atom stereocenters. The van der Waals surface area contributed by atoms with E-state index in [1.54, 1.807) is 4.90 Å². The fraction of sp³-hybridized carbons (Fsp3) is 0.381. The average Bonchev–Trinajstić information content (AvgIpc) is 2.99. The molecule has 1 aliphatic heterocycles. The van der Waals surface area contributed by atoms with Crippen LogP contribution in [0, 0.1) is 20.8 Å². The van der Waals surface area contributed by atoms with Crippen molar-refractivity contribution >= 4 is 27.3 Å². The summed E-state index contributed by atoms with van der Waals surface area (Å²) in [6.45, 7) is 6.60. The molecule has 5 nitrogen and oxygen atoms in total. The normalized spacial score (nSPS) is 13.6. The Hall–Kier alpha value is -2.34. The lowest BCUT2D eigenvalue weighted by Crippen LogP contribution is -2.37. The Morgan fingerprint density at radius 1 is 1.11 bits per heavy atom. The summed E-state index contributed by atoms with van der Waals surface area (Å²) in [4.78, 5) is 14.6. The second-order valence-electron chi connectivity index (χ2n) is 7.26. The molecule has 27 heavy (non-hydrogen) atoms. The van der Waals surface area contributed by atoms with Gasteiger partial charge < -0.3 is 4.90 Å². The summed E-state index contributed by atoms with van der Waals surface area (Å²) in [5, 5.41) is 0. The van der Waals surface area contributed by atoms with Crippen molar-refractivity contribution in [1.82, 2.24) is 0 Å². The maximum absolute atomic E-state index is 12.8. The number of carbonyl (C=O) groups is 1. The molecule has 1 amide bonds. The molecule has 0 spiro atoms. The Labute approximate surface area is 161 Å². The Kier molecular flexibility index (Phi) is 5.29. The number of para-hydroxylation sites is 1. The van der Waals surface area contributed by atoms with Gasteiger partial charge in [-0.15, -0.1) is 0 Å². The molecule has 0 radical (unpaired) electrons. The van der Waals surface area contributed by atoms with E-state index in [0.29, 0.717) is 12.2 Å². The number of hydrogen-bond donors (Lipinski definition) is 0. The van der Waals surface area contributed by atoms with Crippen LogP contribution < -0.4 is 9.21 Å². The van der Waals surface area contributed by atoms with E-state index in [2.05, 4.69) is 0 Å². The number of benzene rings is 2. The number of fused-ring (bicyclic) bond motifs is 1. The summed E-state index contributed by atoms with van der Waals surface area (Å²) in [7, 11) is -3.49. The van der Waals surface area contributed by atoms with Crippen LogP contribution in [0.25, 0.3) is 0 Å². The van der Waals surface area contributed by atoms with Crippen LogP contribution in [0.2, 0.25) is 0 Å². The molecular weight excluding hydrogens is 360 g/mol. The van der Waals surface area contributed by atoms with E-state index in [4.69, 9.17) is 0 Å². The van der Waals surface area contributed by atoms with Gasteiger partial charge >= 0.3 is 0 Å². The second-order valence-corrected chi connectivity index (χ2v) is 9.16. The molecule has 6 heteroatoms. The molecule has 1 heterocycles. The molecule has 1 aliphatic rings. The number of rotatable bonds is 5. The van der Waals surface area contributed by atoms with Crippen molar-refractivity contribution in [3.05, 3.63) is 58.7 Å². The zero-order chi connectivity index (χ0) is 19.8. The highest BCUT2D eigenvalue weighted by molar-refractivity contribution is 7.92. The van der Waals surface area contributed by atoms with E-state index in [-0.39, 0.29) is 18.9 Å². The molecule has 0 bridgehead atoms. The van der Waals surface area contributed by atoms with Gasteiger partial charge in [0, 0.05) is 25.2 Å². The van der Waals surface area contributed by atoms with Gasteiger partial charge in [-0.05, 0) is 49.9 Å². The Morgan fingerprint density at radius 2 is 1.74 bits per heavy atom. The monoisotopic (exact) mass is 386 g/mol. The Bertz CT molecular complexity index is 960. The molecule has 0 N–H and O–H groups in total. The van der Waals surface area contributed by atoms with Gasteiger partial charge in [0.15, 0.2) is 0 Å². The van der Waals surface area contributed by atoms with Crippen molar-refractivity contribution in [1.29, 1.82) is 0 Å². The molecular formula is C21H26N2O3S. The maximum Gasteiger partial charge on any atom is 0.232 e. The molecule has 0 atom stereocenters. The fourth-order valence-corrected chi connectivity index (χ4v) is 4.98. The molecule has 0 saturated carbocycles. The highest BCUT2D eigenvalue weighted by Gasteiger charge is 2.27. The van der Waals surface area contributed by atoms with Gasteiger partial charge in [0.05, 0.1) is 11.9 Å². The maximum atomic E-state index is 12.8. The van der Waals surface area contributed by atoms with Gasteiger partial charge in [-0.1, -0.05) is 35.9 Å². The third-order valence-electron chi connectivity index (χ3n) is 5.00. The first-order chi connectivity index (χ1) is 12.7. The summed E-state index contributed by atoms with van der Waals surface area (Å²) in [5.74, 6) is -0.0454. The molecule has 3 rings (SSSR count). The van der Waals surface area contributed by atoms with Crippen LogP contribution >= 0.6 is 0 Å². The lowest BCUT2D eigenvalue weighted by Gasteiger charge is -2.27. The van der Waals surface area contributed by atoms with Crippen LogP contribution in [-0.4, -0.2) is 33.7 Å². The Balaban J connectivity index is 1.83. The second kappa shape index (κ2) is 7.35. The summed E-state index contributed by atoms with van der Waals surface area (Å²) in [6.07, 6.45) is 2.18. The van der Waals surface area contributed by atoms with Gasteiger partial charge in [0.25, 0.3) is 0 Å². The molecule has 0 aromatic heterocycles. The summed E-state index contributed by atoms with van der Waals surface area (Å²) in [6, 6.07) is 11.8. The standard InChI is InChI=1S/C21H26N2O3S/c1-15-13-16(2)21(17(3)14-15)23(27(4,25)26)12-10-20(24)22-11-9-18-7-5-6-8-19(18)22/h5-8,13-14H,9-12H2,1-4H3. The average molecular weight is 387 g/mol. The van der Waals surface area contributed by atoms with Gasteiger partial charge in [0.1, 0.15) is 0 Å². The zero-order valence-corrected chi connectivity index (χ0v) is 17.1. The van der Waals surface area contributed by atoms with E-state index in [1.165, 1.54) is 10.6 Å². The summed E-state index contributed by atoms with van der Waals surface area (Å²) in [5.41, 5.74) is 5.67. The van der Waals surface area contributed by atoms with E-state index < -0.39 is 10.0 Å². The number of carbonyl (C=O) groups excluding carboxylic acids is 1. The van der Waals surface area contributed by atoms with E-state index in [0.717, 1.165) is 34.4 Å². The summed E-state index contributed by atoms with van der Waals surface area (Å²) < 4.78 is 26.3. The highest BCUT2D eigenvalue weighted by atomic mass is 32.2. The third kappa shape index (κ3) is 4.00. The van der Waals surface area contributed by atoms with Crippen LogP contribution in [-0.2, 0) is 21.2 Å².